The largest absolute Gasteiger partial charge is 0.382 e. The summed E-state index contributed by atoms with van der Waals surface area (Å²) < 4.78 is 10.9. The molecule has 0 radical (unpaired) electrons. The van der Waals surface area contributed by atoms with Gasteiger partial charge in [0.05, 0.1) is 0 Å². The fourth-order valence-electron chi connectivity index (χ4n) is 2.87. The lowest BCUT2D eigenvalue weighted by Crippen LogP contribution is -2.01. The number of benzene rings is 1. The highest BCUT2D eigenvalue weighted by molar-refractivity contribution is 5.34. The van der Waals surface area contributed by atoms with Crippen molar-refractivity contribution in [3.8, 4) is 12.3 Å². The molecule has 0 unspecified atom stereocenters. The topological polar surface area (TPSA) is 18.5 Å². The van der Waals surface area contributed by atoms with Crippen molar-refractivity contribution < 1.29 is 9.47 Å². The zero-order valence-electron chi connectivity index (χ0n) is 16.1. The maximum Gasteiger partial charge on any atom is 0.0487 e. The van der Waals surface area contributed by atoms with Crippen molar-refractivity contribution in [2.45, 2.75) is 71.1 Å². The van der Waals surface area contributed by atoms with E-state index in [-0.39, 0.29) is 0 Å². The van der Waals surface area contributed by atoms with Gasteiger partial charge in [0, 0.05) is 32.0 Å². The highest BCUT2D eigenvalue weighted by atomic mass is 16.5. The third-order valence-corrected chi connectivity index (χ3v) is 4.41. The molecule has 2 nitrogen and oxygen atoms in total. The predicted octanol–water partition coefficient (Wildman–Crippen LogP) is 5.77. The Morgan fingerprint density at radius 3 is 1.92 bits per heavy atom. The van der Waals surface area contributed by atoms with Gasteiger partial charge in [-0.25, -0.2) is 0 Å². The van der Waals surface area contributed by atoms with Crippen LogP contribution in [-0.2, 0) is 15.9 Å². The first-order valence-electron chi connectivity index (χ1n) is 10.1. The Morgan fingerprint density at radius 1 is 0.720 bits per heavy atom. The van der Waals surface area contributed by atoms with Crippen LogP contribution < -0.4 is 0 Å². The first kappa shape index (κ1) is 21.7. The van der Waals surface area contributed by atoms with Gasteiger partial charge in [0.15, 0.2) is 0 Å². The summed E-state index contributed by atoms with van der Waals surface area (Å²) in [4.78, 5) is 0. The summed E-state index contributed by atoms with van der Waals surface area (Å²) in [5.74, 6) is 2.66. The maximum atomic E-state index is 5.61. The van der Waals surface area contributed by atoms with E-state index in [1.165, 1.54) is 63.4 Å². The van der Waals surface area contributed by atoms with Crippen molar-refractivity contribution in [3.63, 3.8) is 0 Å². The highest BCUT2D eigenvalue weighted by Crippen LogP contribution is 2.12. The Morgan fingerprint density at radius 2 is 1.28 bits per heavy atom. The van der Waals surface area contributed by atoms with E-state index in [0.717, 1.165) is 38.4 Å². The molecule has 1 aromatic rings. The van der Waals surface area contributed by atoms with Gasteiger partial charge in [0.1, 0.15) is 0 Å². The Bertz CT molecular complexity index is 444. The van der Waals surface area contributed by atoms with Crippen LogP contribution >= 0.6 is 0 Å². The lowest BCUT2D eigenvalue weighted by atomic mass is 10.0. The average molecular weight is 345 g/mol. The molecule has 0 heterocycles. The second kappa shape index (κ2) is 16.2. The normalized spacial score (nSPS) is 10.7. The van der Waals surface area contributed by atoms with E-state index in [0.29, 0.717) is 0 Å². The van der Waals surface area contributed by atoms with Gasteiger partial charge in [0.2, 0.25) is 0 Å². The molecule has 140 valence electrons. The van der Waals surface area contributed by atoms with Gasteiger partial charge >= 0.3 is 0 Å². The molecule has 0 aliphatic heterocycles. The summed E-state index contributed by atoms with van der Waals surface area (Å²) in [7, 11) is 0. The van der Waals surface area contributed by atoms with Crippen LogP contribution in [0.1, 0.15) is 75.8 Å². The monoisotopic (exact) mass is 344 g/mol. The molecular formula is C23H36O2. The van der Waals surface area contributed by atoms with E-state index in [1.807, 2.05) is 19.1 Å². The van der Waals surface area contributed by atoms with Gasteiger partial charge in [-0.15, -0.1) is 6.42 Å². The number of ether oxygens (including phenoxy) is 2. The van der Waals surface area contributed by atoms with Crippen molar-refractivity contribution in [1.29, 1.82) is 0 Å². The second-order valence-corrected chi connectivity index (χ2v) is 6.58. The minimum Gasteiger partial charge on any atom is -0.382 e. The van der Waals surface area contributed by atoms with Gasteiger partial charge in [-0.2, -0.15) is 0 Å². The van der Waals surface area contributed by atoms with E-state index in [9.17, 15) is 0 Å². The van der Waals surface area contributed by atoms with Crippen LogP contribution in [0, 0.1) is 12.3 Å². The van der Waals surface area contributed by atoms with Gasteiger partial charge in [-0.05, 0) is 50.3 Å². The number of hydrogen-bond donors (Lipinski definition) is 0. The summed E-state index contributed by atoms with van der Waals surface area (Å²) in [6.45, 7) is 5.41. The third-order valence-electron chi connectivity index (χ3n) is 4.41. The lowest BCUT2D eigenvalue weighted by Gasteiger charge is -2.05. The van der Waals surface area contributed by atoms with Crippen LogP contribution in [0.2, 0.25) is 0 Å². The number of unbranched alkanes of at least 4 members (excludes halogenated alkanes) is 7. The summed E-state index contributed by atoms with van der Waals surface area (Å²) in [5.41, 5.74) is 2.37. The second-order valence-electron chi connectivity index (χ2n) is 6.58. The zero-order chi connectivity index (χ0) is 18.0. The standard InChI is InChI=1S/C23H36O2/c1-3-22-15-17-23(18-16-22)14-11-9-7-5-6-8-10-12-19-25-21-13-20-24-4-2/h1,15-18H,4-14,19-21H2,2H3. The van der Waals surface area contributed by atoms with Gasteiger partial charge in [-0.3, -0.25) is 0 Å². The minimum absolute atomic E-state index is 0.805. The molecule has 0 N–H and O–H groups in total. The zero-order valence-corrected chi connectivity index (χ0v) is 16.1. The molecule has 0 saturated heterocycles. The van der Waals surface area contributed by atoms with E-state index in [4.69, 9.17) is 15.9 Å². The molecule has 1 aromatic carbocycles. The third kappa shape index (κ3) is 12.7. The maximum absolute atomic E-state index is 5.61. The Labute approximate surface area is 155 Å². The first-order valence-corrected chi connectivity index (χ1v) is 10.1. The quantitative estimate of drug-likeness (QED) is 0.280. The van der Waals surface area contributed by atoms with E-state index >= 15 is 0 Å². The van der Waals surface area contributed by atoms with Gasteiger partial charge in [-0.1, -0.05) is 56.6 Å². The van der Waals surface area contributed by atoms with Gasteiger partial charge in [0.25, 0.3) is 0 Å². The van der Waals surface area contributed by atoms with Crippen LogP contribution in [0.4, 0.5) is 0 Å². The molecule has 0 aromatic heterocycles. The molecule has 1 rings (SSSR count). The molecule has 0 fully saturated rings. The summed E-state index contributed by atoms with van der Waals surface area (Å²) in [5, 5.41) is 0. The number of hydrogen-bond acceptors (Lipinski definition) is 2. The molecule has 0 atom stereocenters. The smallest absolute Gasteiger partial charge is 0.0487 e. The van der Waals surface area contributed by atoms with Crippen LogP contribution in [0.25, 0.3) is 0 Å². The van der Waals surface area contributed by atoms with Crippen molar-refractivity contribution in [2.75, 3.05) is 26.4 Å². The number of aryl methyl sites for hydroxylation is 1. The summed E-state index contributed by atoms with van der Waals surface area (Å²) >= 11 is 0. The van der Waals surface area contributed by atoms with E-state index in [1.54, 1.807) is 0 Å². The van der Waals surface area contributed by atoms with Crippen molar-refractivity contribution in [1.82, 2.24) is 0 Å². The highest BCUT2D eigenvalue weighted by Gasteiger charge is 1.96. The molecule has 0 aliphatic rings. The van der Waals surface area contributed by atoms with Gasteiger partial charge < -0.3 is 9.47 Å². The Balaban J connectivity index is 1.79. The molecule has 0 amide bonds. The van der Waals surface area contributed by atoms with E-state index in [2.05, 4.69) is 18.1 Å². The number of terminal acetylenes is 1. The van der Waals surface area contributed by atoms with Crippen LogP contribution in [-0.4, -0.2) is 26.4 Å². The van der Waals surface area contributed by atoms with Crippen molar-refractivity contribution >= 4 is 0 Å². The van der Waals surface area contributed by atoms with Crippen molar-refractivity contribution in [3.05, 3.63) is 35.4 Å². The molecule has 25 heavy (non-hydrogen) atoms. The predicted molar refractivity (Wildman–Crippen MR) is 107 cm³/mol. The molecule has 0 aliphatic carbocycles. The van der Waals surface area contributed by atoms with Crippen LogP contribution in [0.3, 0.4) is 0 Å². The summed E-state index contributed by atoms with van der Waals surface area (Å²) in [6, 6.07) is 8.40. The fourth-order valence-corrected chi connectivity index (χ4v) is 2.87. The minimum atomic E-state index is 0.805. The Hall–Kier alpha value is -1.30. The Kier molecular flexibility index (Phi) is 14.1. The van der Waals surface area contributed by atoms with Crippen molar-refractivity contribution in [2.24, 2.45) is 0 Å². The van der Waals surface area contributed by atoms with Crippen LogP contribution in [0.5, 0.6) is 0 Å². The van der Waals surface area contributed by atoms with Crippen LogP contribution in [0.15, 0.2) is 24.3 Å². The fraction of sp³-hybridized carbons (Fsp3) is 0.652. The molecular weight excluding hydrogens is 308 g/mol. The van der Waals surface area contributed by atoms with E-state index < -0.39 is 0 Å². The summed E-state index contributed by atoms with van der Waals surface area (Å²) in [6.07, 6.45) is 18.1. The first-order chi connectivity index (χ1) is 12.4. The molecule has 0 bridgehead atoms. The molecule has 0 spiro atoms. The lowest BCUT2D eigenvalue weighted by molar-refractivity contribution is 0.0860. The average Bonchev–Trinajstić information content (AvgIpc) is 2.65. The molecule has 0 saturated carbocycles. The molecule has 2 heteroatoms. The number of rotatable bonds is 16. The SMILES string of the molecule is C#Cc1ccc(CCCCCCCCCCOCCCOCC)cc1.